The van der Waals surface area contributed by atoms with Gasteiger partial charge in [0, 0.05) is 6.07 Å². The SMILES string of the molecule is COc1cc(Cl)nc(NS(=O)(=O)c2cccc(F)c2N)n1. The monoisotopic (exact) mass is 332 g/mol. The highest BCUT2D eigenvalue weighted by molar-refractivity contribution is 7.92. The second kappa shape index (κ2) is 5.70. The van der Waals surface area contributed by atoms with E-state index in [1.54, 1.807) is 0 Å². The quantitative estimate of drug-likeness (QED) is 0.651. The van der Waals surface area contributed by atoms with Gasteiger partial charge in [-0.15, -0.1) is 0 Å². The van der Waals surface area contributed by atoms with Crippen molar-refractivity contribution in [3.05, 3.63) is 35.2 Å². The minimum absolute atomic E-state index is 0.0215. The highest BCUT2D eigenvalue weighted by Gasteiger charge is 2.21. The highest BCUT2D eigenvalue weighted by Crippen LogP contribution is 2.24. The molecule has 1 heterocycles. The molecule has 0 saturated heterocycles. The third kappa shape index (κ3) is 3.31. The topological polar surface area (TPSA) is 107 Å². The molecule has 0 unspecified atom stereocenters. The van der Waals surface area contributed by atoms with Crippen LogP contribution in [0.3, 0.4) is 0 Å². The molecule has 0 aliphatic rings. The molecule has 0 radical (unpaired) electrons. The Labute approximate surface area is 125 Å². The zero-order chi connectivity index (χ0) is 15.6. The number of nitrogens with two attached hydrogens (primary N) is 1. The summed E-state index contributed by atoms with van der Waals surface area (Å²) in [7, 11) is -2.83. The Hall–Kier alpha value is -2.13. The number of nitrogens with zero attached hydrogens (tertiary/aromatic N) is 2. The van der Waals surface area contributed by atoms with E-state index in [1.165, 1.54) is 19.2 Å². The summed E-state index contributed by atoms with van der Waals surface area (Å²) >= 11 is 5.71. The predicted octanol–water partition coefficient (Wildman–Crippen LogP) is 1.66. The summed E-state index contributed by atoms with van der Waals surface area (Å²) in [5, 5.41) is -0.0215. The van der Waals surface area contributed by atoms with Crippen molar-refractivity contribution in [1.29, 1.82) is 0 Å². The van der Waals surface area contributed by atoms with Crippen molar-refractivity contribution in [2.45, 2.75) is 4.90 Å². The molecule has 10 heteroatoms. The molecular weight excluding hydrogens is 323 g/mol. The fraction of sp³-hybridized carbons (Fsp3) is 0.0909. The van der Waals surface area contributed by atoms with Crippen LogP contribution in [-0.2, 0) is 10.0 Å². The number of hydrogen-bond acceptors (Lipinski definition) is 6. The van der Waals surface area contributed by atoms with Crippen molar-refractivity contribution < 1.29 is 17.5 Å². The Morgan fingerprint density at radius 1 is 1.38 bits per heavy atom. The van der Waals surface area contributed by atoms with Gasteiger partial charge in [0.25, 0.3) is 10.0 Å². The molecule has 2 aromatic rings. The molecule has 0 aliphatic heterocycles. The Bertz CT molecular complexity index is 785. The number of methoxy groups -OCH3 is 1. The Morgan fingerprint density at radius 2 is 2.10 bits per heavy atom. The van der Waals surface area contributed by atoms with Crippen molar-refractivity contribution in [1.82, 2.24) is 9.97 Å². The molecule has 0 fully saturated rings. The average Bonchev–Trinajstić information content (AvgIpc) is 2.40. The third-order valence-electron chi connectivity index (χ3n) is 2.41. The number of ether oxygens (including phenoxy) is 1. The van der Waals surface area contributed by atoms with Gasteiger partial charge in [0.2, 0.25) is 11.8 Å². The minimum Gasteiger partial charge on any atom is -0.481 e. The van der Waals surface area contributed by atoms with Crippen LogP contribution in [0.15, 0.2) is 29.2 Å². The zero-order valence-corrected chi connectivity index (χ0v) is 12.2. The molecule has 112 valence electrons. The summed E-state index contributed by atoms with van der Waals surface area (Å²) < 4.78 is 44.6. The lowest BCUT2D eigenvalue weighted by molar-refractivity contribution is 0.397. The number of halogens is 2. The van der Waals surface area contributed by atoms with E-state index in [0.717, 1.165) is 12.1 Å². The standard InChI is InChI=1S/C11H10ClFN4O3S/c1-20-9-5-8(12)15-11(16-9)17-21(18,19)7-4-2-3-6(13)10(7)14/h2-5H,14H2,1H3,(H,15,16,17). The van der Waals surface area contributed by atoms with E-state index in [2.05, 4.69) is 14.7 Å². The molecule has 0 atom stereocenters. The molecule has 0 spiro atoms. The summed E-state index contributed by atoms with van der Waals surface area (Å²) in [4.78, 5) is 7.04. The average molecular weight is 333 g/mol. The minimum atomic E-state index is -4.16. The number of nitrogens with one attached hydrogen (secondary N) is 1. The lowest BCUT2D eigenvalue weighted by atomic mass is 10.3. The predicted molar refractivity (Wildman–Crippen MR) is 75.2 cm³/mol. The van der Waals surface area contributed by atoms with Crippen LogP contribution in [0.25, 0.3) is 0 Å². The Kier molecular flexibility index (Phi) is 4.14. The normalized spacial score (nSPS) is 11.2. The van der Waals surface area contributed by atoms with Crippen molar-refractivity contribution in [3.8, 4) is 5.88 Å². The van der Waals surface area contributed by atoms with Crippen LogP contribution in [-0.4, -0.2) is 25.5 Å². The van der Waals surface area contributed by atoms with E-state index >= 15 is 0 Å². The van der Waals surface area contributed by atoms with E-state index in [1.807, 2.05) is 0 Å². The number of para-hydroxylation sites is 1. The lowest BCUT2D eigenvalue weighted by Crippen LogP contribution is -2.17. The van der Waals surface area contributed by atoms with Gasteiger partial charge in [0.1, 0.15) is 15.9 Å². The molecule has 1 aromatic carbocycles. The summed E-state index contributed by atoms with van der Waals surface area (Å²) in [6.45, 7) is 0. The Morgan fingerprint density at radius 3 is 2.76 bits per heavy atom. The summed E-state index contributed by atoms with van der Waals surface area (Å²) in [5.74, 6) is -1.09. The maximum atomic E-state index is 13.3. The van der Waals surface area contributed by atoms with Crippen LogP contribution in [0.4, 0.5) is 16.0 Å². The first kappa shape index (κ1) is 15.3. The van der Waals surface area contributed by atoms with Crippen molar-refractivity contribution in [3.63, 3.8) is 0 Å². The number of aromatic nitrogens is 2. The van der Waals surface area contributed by atoms with Crippen LogP contribution >= 0.6 is 11.6 Å². The number of anilines is 2. The molecule has 0 aliphatic carbocycles. The summed E-state index contributed by atoms with van der Waals surface area (Å²) in [6, 6.07) is 4.73. The highest BCUT2D eigenvalue weighted by atomic mass is 35.5. The van der Waals surface area contributed by atoms with Crippen LogP contribution in [0.5, 0.6) is 5.88 Å². The van der Waals surface area contributed by atoms with Crippen LogP contribution in [0.2, 0.25) is 5.15 Å². The summed E-state index contributed by atoms with van der Waals surface area (Å²) in [6.07, 6.45) is 0. The molecule has 7 nitrogen and oxygen atoms in total. The second-order valence-electron chi connectivity index (χ2n) is 3.81. The molecule has 0 bridgehead atoms. The fourth-order valence-electron chi connectivity index (χ4n) is 1.47. The maximum absolute atomic E-state index is 13.3. The van der Waals surface area contributed by atoms with Gasteiger partial charge < -0.3 is 10.5 Å². The lowest BCUT2D eigenvalue weighted by Gasteiger charge is -2.10. The first-order chi connectivity index (χ1) is 9.83. The van der Waals surface area contributed by atoms with Crippen molar-refractivity contribution in [2.24, 2.45) is 0 Å². The third-order valence-corrected chi connectivity index (χ3v) is 3.99. The zero-order valence-electron chi connectivity index (χ0n) is 10.7. The maximum Gasteiger partial charge on any atom is 0.266 e. The first-order valence-corrected chi connectivity index (χ1v) is 7.35. The van der Waals surface area contributed by atoms with Gasteiger partial charge in [-0.25, -0.2) is 22.5 Å². The van der Waals surface area contributed by atoms with E-state index in [9.17, 15) is 12.8 Å². The van der Waals surface area contributed by atoms with Crippen molar-refractivity contribution in [2.75, 3.05) is 17.6 Å². The molecule has 0 saturated carbocycles. The van der Waals surface area contributed by atoms with Gasteiger partial charge in [-0.1, -0.05) is 17.7 Å². The molecule has 3 N–H and O–H groups in total. The molecular formula is C11H10ClFN4O3S. The molecule has 1 aromatic heterocycles. The smallest absolute Gasteiger partial charge is 0.266 e. The van der Waals surface area contributed by atoms with E-state index in [-0.39, 0.29) is 17.0 Å². The molecule has 21 heavy (non-hydrogen) atoms. The van der Waals surface area contributed by atoms with Gasteiger partial charge in [0.15, 0.2) is 0 Å². The van der Waals surface area contributed by atoms with Gasteiger partial charge in [-0.2, -0.15) is 4.98 Å². The molecule has 2 rings (SSSR count). The van der Waals surface area contributed by atoms with Crippen LogP contribution in [0, 0.1) is 5.82 Å². The number of hydrogen-bond donors (Lipinski definition) is 2. The number of sulfonamides is 1. The number of nitrogen functional groups attached to an aromatic ring is 1. The summed E-state index contributed by atoms with van der Waals surface area (Å²) in [5.41, 5.74) is 4.92. The van der Waals surface area contributed by atoms with E-state index in [4.69, 9.17) is 22.1 Å². The first-order valence-electron chi connectivity index (χ1n) is 5.49. The van der Waals surface area contributed by atoms with Gasteiger partial charge in [-0.05, 0) is 12.1 Å². The van der Waals surface area contributed by atoms with Crippen molar-refractivity contribution >= 4 is 33.3 Å². The number of benzene rings is 1. The van der Waals surface area contributed by atoms with Gasteiger partial charge >= 0.3 is 0 Å². The van der Waals surface area contributed by atoms with Gasteiger partial charge in [-0.3, -0.25) is 0 Å². The van der Waals surface area contributed by atoms with E-state index in [0.29, 0.717) is 0 Å². The second-order valence-corrected chi connectivity index (χ2v) is 5.85. The van der Waals surface area contributed by atoms with Crippen LogP contribution in [0.1, 0.15) is 0 Å². The van der Waals surface area contributed by atoms with Crippen LogP contribution < -0.4 is 15.2 Å². The fourth-order valence-corrected chi connectivity index (χ4v) is 2.73. The van der Waals surface area contributed by atoms with Gasteiger partial charge in [0.05, 0.1) is 12.8 Å². The van der Waals surface area contributed by atoms with E-state index < -0.39 is 26.4 Å². The Balaban J connectivity index is 2.42. The molecule has 0 amide bonds. The largest absolute Gasteiger partial charge is 0.481 e. The number of rotatable bonds is 4.